The normalized spacial score (nSPS) is 12.5. The van der Waals surface area contributed by atoms with Gasteiger partial charge in [-0.2, -0.15) is 0 Å². The summed E-state index contributed by atoms with van der Waals surface area (Å²) >= 11 is 0. The number of phenols is 2. The number of alkyl carbamates (subject to hydrolysis) is 1. The zero-order chi connectivity index (χ0) is 30.9. The van der Waals surface area contributed by atoms with Crippen LogP contribution in [0, 0.1) is 6.92 Å². The molecule has 222 valence electrons. The minimum Gasteiger partial charge on any atom is -0.508 e. The highest BCUT2D eigenvalue weighted by atomic mass is 16.6. The standard InChI is InChI=1S/C33H39N3O6/c1-6-18-36(31(40)27(35-32(41)42-33(3,4)5)20-23-12-15-26(37)16-13-23)29(25-14-17-28(38)22(2)19-25)30(39)34-21-24-10-8-7-9-11-24/h6-17,19,27,29,37-38H,1,18,20-21H2,2-5H3,(H,34,39)(H,35,41). The highest BCUT2D eigenvalue weighted by Crippen LogP contribution is 2.28. The number of aromatic hydroxyl groups is 2. The van der Waals surface area contributed by atoms with E-state index in [1.54, 1.807) is 52.0 Å². The molecule has 2 unspecified atom stereocenters. The van der Waals surface area contributed by atoms with E-state index in [-0.39, 0.29) is 31.0 Å². The Morgan fingerprint density at radius 2 is 1.64 bits per heavy atom. The lowest BCUT2D eigenvalue weighted by Crippen LogP contribution is -2.53. The number of nitrogens with zero attached hydrogens (tertiary/aromatic N) is 1. The molecule has 0 radical (unpaired) electrons. The van der Waals surface area contributed by atoms with Gasteiger partial charge in [0, 0.05) is 19.5 Å². The van der Waals surface area contributed by atoms with Crippen LogP contribution in [0.3, 0.4) is 0 Å². The van der Waals surface area contributed by atoms with E-state index in [0.717, 1.165) is 5.56 Å². The van der Waals surface area contributed by atoms with Gasteiger partial charge in [0.2, 0.25) is 11.8 Å². The van der Waals surface area contributed by atoms with Gasteiger partial charge < -0.3 is 30.5 Å². The first-order valence-corrected chi connectivity index (χ1v) is 13.7. The fourth-order valence-corrected chi connectivity index (χ4v) is 4.38. The summed E-state index contributed by atoms with van der Waals surface area (Å²) in [5, 5.41) is 25.5. The molecule has 0 aliphatic carbocycles. The molecule has 2 atom stereocenters. The van der Waals surface area contributed by atoms with Crippen LogP contribution >= 0.6 is 0 Å². The largest absolute Gasteiger partial charge is 0.508 e. The molecule has 0 aliphatic heterocycles. The number of hydrogen-bond acceptors (Lipinski definition) is 6. The van der Waals surface area contributed by atoms with Crippen LogP contribution in [-0.4, -0.2) is 51.2 Å². The molecule has 3 aromatic rings. The molecule has 42 heavy (non-hydrogen) atoms. The summed E-state index contributed by atoms with van der Waals surface area (Å²) in [6.45, 7) is 10.9. The third kappa shape index (κ3) is 9.12. The fourth-order valence-electron chi connectivity index (χ4n) is 4.38. The SMILES string of the molecule is C=CCN(C(=O)C(Cc1ccc(O)cc1)NC(=O)OC(C)(C)C)C(C(=O)NCc1ccccc1)c1ccc(O)c(C)c1. The lowest BCUT2D eigenvalue weighted by Gasteiger charge is -2.34. The van der Waals surface area contributed by atoms with E-state index in [1.807, 2.05) is 30.3 Å². The number of carbonyl (C=O) groups is 3. The molecule has 3 aromatic carbocycles. The van der Waals surface area contributed by atoms with Crippen molar-refractivity contribution in [3.05, 3.63) is 108 Å². The summed E-state index contributed by atoms with van der Waals surface area (Å²) in [6, 6.07) is 18.2. The third-order valence-electron chi connectivity index (χ3n) is 6.38. The van der Waals surface area contributed by atoms with Crippen molar-refractivity contribution in [3.8, 4) is 11.5 Å². The summed E-state index contributed by atoms with van der Waals surface area (Å²) in [5.41, 5.74) is 1.76. The van der Waals surface area contributed by atoms with Crippen LogP contribution < -0.4 is 10.6 Å². The van der Waals surface area contributed by atoms with Crippen LogP contribution in [0.5, 0.6) is 11.5 Å². The Bertz CT molecular complexity index is 1380. The summed E-state index contributed by atoms with van der Waals surface area (Å²) in [5.74, 6) is -0.868. The van der Waals surface area contributed by atoms with E-state index in [9.17, 15) is 24.6 Å². The summed E-state index contributed by atoms with van der Waals surface area (Å²) in [7, 11) is 0. The van der Waals surface area contributed by atoms with Crippen molar-refractivity contribution in [1.29, 1.82) is 0 Å². The van der Waals surface area contributed by atoms with E-state index >= 15 is 0 Å². The van der Waals surface area contributed by atoms with E-state index in [2.05, 4.69) is 17.2 Å². The molecule has 0 aromatic heterocycles. The Morgan fingerprint density at radius 3 is 2.24 bits per heavy atom. The maximum atomic E-state index is 14.3. The number of rotatable bonds is 11. The van der Waals surface area contributed by atoms with Gasteiger partial charge in [0.1, 0.15) is 29.2 Å². The van der Waals surface area contributed by atoms with Crippen LogP contribution in [0.4, 0.5) is 4.79 Å². The third-order valence-corrected chi connectivity index (χ3v) is 6.38. The number of phenolic OH excluding ortho intramolecular Hbond substituents is 2. The maximum absolute atomic E-state index is 14.3. The lowest BCUT2D eigenvalue weighted by molar-refractivity contribution is -0.141. The van der Waals surface area contributed by atoms with Crippen molar-refractivity contribution < 1.29 is 29.3 Å². The Labute approximate surface area is 246 Å². The van der Waals surface area contributed by atoms with Crippen molar-refractivity contribution in [2.45, 2.75) is 58.3 Å². The number of ether oxygens (including phenoxy) is 1. The molecule has 3 amide bonds. The first-order valence-electron chi connectivity index (χ1n) is 13.7. The van der Waals surface area contributed by atoms with Crippen molar-refractivity contribution in [3.63, 3.8) is 0 Å². The predicted molar refractivity (Wildman–Crippen MR) is 161 cm³/mol. The number of aryl methyl sites for hydroxylation is 1. The maximum Gasteiger partial charge on any atom is 0.408 e. The minimum absolute atomic E-state index is 0.00967. The van der Waals surface area contributed by atoms with Gasteiger partial charge in [0.05, 0.1) is 0 Å². The van der Waals surface area contributed by atoms with Gasteiger partial charge >= 0.3 is 6.09 Å². The molecule has 0 spiro atoms. The number of benzene rings is 3. The molecule has 4 N–H and O–H groups in total. The molecule has 0 bridgehead atoms. The average molecular weight is 574 g/mol. The van der Waals surface area contributed by atoms with Gasteiger partial charge in [0.25, 0.3) is 0 Å². The van der Waals surface area contributed by atoms with E-state index in [1.165, 1.54) is 29.2 Å². The Kier molecular flexibility index (Phi) is 10.7. The Morgan fingerprint density at radius 1 is 0.976 bits per heavy atom. The molecule has 3 rings (SSSR count). The van der Waals surface area contributed by atoms with E-state index in [4.69, 9.17) is 4.74 Å². The molecule has 0 saturated heterocycles. The predicted octanol–water partition coefficient (Wildman–Crippen LogP) is 4.91. The number of hydrogen-bond donors (Lipinski definition) is 4. The van der Waals surface area contributed by atoms with E-state index in [0.29, 0.717) is 16.7 Å². The monoisotopic (exact) mass is 573 g/mol. The quantitative estimate of drug-likeness (QED) is 0.241. The van der Waals surface area contributed by atoms with Gasteiger partial charge in [-0.1, -0.05) is 54.6 Å². The second kappa shape index (κ2) is 14.2. The van der Waals surface area contributed by atoms with Crippen molar-refractivity contribution in [1.82, 2.24) is 15.5 Å². The second-order valence-corrected chi connectivity index (χ2v) is 11.0. The van der Waals surface area contributed by atoms with E-state index < -0.39 is 35.6 Å². The highest BCUT2D eigenvalue weighted by Gasteiger charge is 2.36. The fraction of sp³-hybridized carbons (Fsp3) is 0.303. The van der Waals surface area contributed by atoms with Crippen LogP contribution in [-0.2, 0) is 27.3 Å². The van der Waals surface area contributed by atoms with Crippen LogP contribution in [0.15, 0.2) is 85.5 Å². The van der Waals surface area contributed by atoms with Crippen LogP contribution in [0.2, 0.25) is 0 Å². The van der Waals surface area contributed by atoms with Crippen molar-refractivity contribution >= 4 is 17.9 Å². The first kappa shape index (κ1) is 31.7. The van der Waals surface area contributed by atoms with Gasteiger partial charge in [-0.15, -0.1) is 6.58 Å². The van der Waals surface area contributed by atoms with Gasteiger partial charge in [-0.3, -0.25) is 9.59 Å². The molecule has 9 nitrogen and oxygen atoms in total. The average Bonchev–Trinajstić information content (AvgIpc) is 2.93. The summed E-state index contributed by atoms with van der Waals surface area (Å²) in [6.07, 6.45) is 0.788. The number of nitrogens with one attached hydrogen (secondary N) is 2. The summed E-state index contributed by atoms with van der Waals surface area (Å²) in [4.78, 5) is 42.3. The zero-order valence-electron chi connectivity index (χ0n) is 24.5. The Balaban J connectivity index is 2.02. The molecule has 9 heteroatoms. The molecule has 0 aliphatic rings. The smallest absolute Gasteiger partial charge is 0.408 e. The molecule has 0 heterocycles. The zero-order valence-corrected chi connectivity index (χ0v) is 24.5. The van der Waals surface area contributed by atoms with Crippen LogP contribution in [0.1, 0.15) is 49.1 Å². The van der Waals surface area contributed by atoms with Crippen molar-refractivity contribution in [2.75, 3.05) is 6.54 Å². The molecule has 0 saturated carbocycles. The Hall–Kier alpha value is -4.79. The first-order chi connectivity index (χ1) is 19.9. The second-order valence-electron chi connectivity index (χ2n) is 11.0. The lowest BCUT2D eigenvalue weighted by atomic mass is 9.98. The van der Waals surface area contributed by atoms with Crippen LogP contribution in [0.25, 0.3) is 0 Å². The topological polar surface area (TPSA) is 128 Å². The molecule has 0 fully saturated rings. The van der Waals surface area contributed by atoms with Gasteiger partial charge in [0.15, 0.2) is 0 Å². The van der Waals surface area contributed by atoms with Crippen molar-refractivity contribution in [2.24, 2.45) is 0 Å². The number of amides is 3. The minimum atomic E-state index is -1.12. The molecular weight excluding hydrogens is 534 g/mol. The highest BCUT2D eigenvalue weighted by molar-refractivity contribution is 5.92. The number of carbonyl (C=O) groups excluding carboxylic acids is 3. The molecular formula is C33H39N3O6. The van der Waals surface area contributed by atoms with Gasteiger partial charge in [-0.25, -0.2) is 4.79 Å². The van der Waals surface area contributed by atoms with Gasteiger partial charge in [-0.05, 0) is 74.2 Å². The summed E-state index contributed by atoms with van der Waals surface area (Å²) < 4.78 is 5.44.